The molecule has 1 atom stereocenters. The number of nitrogens with zero attached hydrogens (tertiary/aromatic N) is 1. The molecule has 1 aliphatic heterocycles. The standard InChI is InChI=1S/C20H35N3S/c1-15-5-2-3-7-23(15)8-4-6-21-19(24)22-20-12-16-9-17(13-20)11-18(10-16)14-20/h15-18H,2-14H2,1H3,(H2,21,22,24). The fourth-order valence-corrected chi connectivity index (χ4v) is 6.84. The molecular formula is C20H35N3S. The lowest BCUT2D eigenvalue weighted by Gasteiger charge is -2.57. The summed E-state index contributed by atoms with van der Waals surface area (Å²) in [5.41, 5.74) is 0.347. The van der Waals surface area contributed by atoms with Crippen LogP contribution in [-0.2, 0) is 0 Å². The molecule has 24 heavy (non-hydrogen) atoms. The molecule has 136 valence electrons. The lowest BCUT2D eigenvalue weighted by Crippen LogP contribution is -2.61. The minimum Gasteiger partial charge on any atom is -0.363 e. The largest absolute Gasteiger partial charge is 0.363 e. The predicted molar refractivity (Wildman–Crippen MR) is 104 cm³/mol. The molecule has 3 nitrogen and oxygen atoms in total. The third-order valence-corrected chi connectivity index (χ3v) is 7.51. The van der Waals surface area contributed by atoms with Crippen molar-refractivity contribution in [1.29, 1.82) is 0 Å². The van der Waals surface area contributed by atoms with E-state index in [-0.39, 0.29) is 0 Å². The molecule has 4 heteroatoms. The number of hydrogen-bond acceptors (Lipinski definition) is 2. The summed E-state index contributed by atoms with van der Waals surface area (Å²) in [5, 5.41) is 8.20. The number of piperidine rings is 1. The van der Waals surface area contributed by atoms with Gasteiger partial charge in [0, 0.05) is 24.7 Å². The monoisotopic (exact) mass is 349 g/mol. The molecule has 0 radical (unpaired) electrons. The molecule has 5 fully saturated rings. The first-order chi connectivity index (χ1) is 11.6. The van der Waals surface area contributed by atoms with Gasteiger partial charge in [0.2, 0.25) is 0 Å². The highest BCUT2D eigenvalue weighted by Gasteiger charge is 2.51. The van der Waals surface area contributed by atoms with Gasteiger partial charge in [-0.05, 0) is 101 Å². The minimum atomic E-state index is 0.347. The van der Waals surface area contributed by atoms with Crippen molar-refractivity contribution in [2.24, 2.45) is 17.8 Å². The Balaban J connectivity index is 1.19. The summed E-state index contributed by atoms with van der Waals surface area (Å²) in [6.45, 7) is 5.90. The van der Waals surface area contributed by atoms with Crippen molar-refractivity contribution in [1.82, 2.24) is 15.5 Å². The van der Waals surface area contributed by atoms with Crippen LogP contribution in [0.1, 0.15) is 71.1 Å². The van der Waals surface area contributed by atoms with Crippen molar-refractivity contribution in [3.05, 3.63) is 0 Å². The molecule has 2 N–H and O–H groups in total. The number of nitrogens with one attached hydrogen (secondary N) is 2. The van der Waals surface area contributed by atoms with E-state index in [1.54, 1.807) is 0 Å². The highest BCUT2D eigenvalue weighted by Crippen LogP contribution is 2.55. The zero-order valence-electron chi connectivity index (χ0n) is 15.4. The Bertz CT molecular complexity index is 429. The molecule has 4 bridgehead atoms. The van der Waals surface area contributed by atoms with Crippen molar-refractivity contribution in [3.63, 3.8) is 0 Å². The van der Waals surface area contributed by atoms with Gasteiger partial charge in [-0.3, -0.25) is 0 Å². The molecule has 4 aliphatic carbocycles. The fourth-order valence-electron chi connectivity index (χ4n) is 6.52. The van der Waals surface area contributed by atoms with Crippen LogP contribution in [0.2, 0.25) is 0 Å². The van der Waals surface area contributed by atoms with E-state index in [2.05, 4.69) is 22.5 Å². The summed E-state index contributed by atoms with van der Waals surface area (Å²) in [6, 6.07) is 0.774. The summed E-state index contributed by atoms with van der Waals surface area (Å²) in [5.74, 6) is 2.94. The Morgan fingerprint density at radius 1 is 1.08 bits per heavy atom. The molecule has 4 saturated carbocycles. The molecule has 0 aromatic carbocycles. The molecule has 0 amide bonds. The highest BCUT2D eigenvalue weighted by molar-refractivity contribution is 7.80. The van der Waals surface area contributed by atoms with Gasteiger partial charge in [0.05, 0.1) is 0 Å². The molecule has 5 aliphatic rings. The van der Waals surface area contributed by atoms with E-state index >= 15 is 0 Å². The van der Waals surface area contributed by atoms with Crippen molar-refractivity contribution in [2.75, 3.05) is 19.6 Å². The molecule has 0 aromatic heterocycles. The van der Waals surface area contributed by atoms with Crippen LogP contribution in [0.15, 0.2) is 0 Å². The third-order valence-electron chi connectivity index (χ3n) is 7.27. The maximum Gasteiger partial charge on any atom is 0.166 e. The Morgan fingerprint density at radius 3 is 2.38 bits per heavy atom. The van der Waals surface area contributed by atoms with Gasteiger partial charge in [-0.2, -0.15) is 0 Å². The van der Waals surface area contributed by atoms with Crippen molar-refractivity contribution >= 4 is 17.3 Å². The zero-order chi connectivity index (χ0) is 16.6. The summed E-state index contributed by atoms with van der Waals surface area (Å²) >= 11 is 5.65. The van der Waals surface area contributed by atoms with Crippen LogP contribution in [-0.4, -0.2) is 41.2 Å². The predicted octanol–water partition coefficient (Wildman–Crippen LogP) is 3.68. The second-order valence-electron chi connectivity index (χ2n) is 9.31. The van der Waals surface area contributed by atoms with Gasteiger partial charge in [0.15, 0.2) is 5.11 Å². The van der Waals surface area contributed by atoms with E-state index in [1.165, 1.54) is 77.3 Å². The minimum absolute atomic E-state index is 0.347. The van der Waals surface area contributed by atoms with Gasteiger partial charge in [0.1, 0.15) is 0 Å². The van der Waals surface area contributed by atoms with Crippen LogP contribution in [0.3, 0.4) is 0 Å². The molecule has 1 heterocycles. The first kappa shape index (κ1) is 17.1. The van der Waals surface area contributed by atoms with Crippen molar-refractivity contribution < 1.29 is 0 Å². The summed E-state index contributed by atoms with van der Waals surface area (Å²) < 4.78 is 0. The Morgan fingerprint density at radius 2 is 1.75 bits per heavy atom. The molecular weight excluding hydrogens is 314 g/mol. The van der Waals surface area contributed by atoms with E-state index in [0.29, 0.717) is 5.54 Å². The average Bonchev–Trinajstić information content (AvgIpc) is 2.51. The summed E-state index contributed by atoms with van der Waals surface area (Å²) in [7, 11) is 0. The van der Waals surface area contributed by atoms with Crippen molar-refractivity contribution in [2.45, 2.75) is 82.7 Å². The van der Waals surface area contributed by atoms with Gasteiger partial charge >= 0.3 is 0 Å². The number of thiocarbonyl (C=S) groups is 1. The van der Waals surface area contributed by atoms with E-state index in [9.17, 15) is 0 Å². The topological polar surface area (TPSA) is 27.3 Å². The zero-order valence-corrected chi connectivity index (χ0v) is 16.2. The lowest BCUT2D eigenvalue weighted by atomic mass is 9.53. The Kier molecular flexibility index (Phi) is 5.06. The first-order valence-corrected chi connectivity index (χ1v) is 10.8. The SMILES string of the molecule is CC1CCCCN1CCCNC(=S)NC12CC3CC(CC(C3)C1)C2. The summed E-state index contributed by atoms with van der Waals surface area (Å²) in [4.78, 5) is 2.65. The van der Waals surface area contributed by atoms with Gasteiger partial charge in [-0.15, -0.1) is 0 Å². The highest BCUT2D eigenvalue weighted by atomic mass is 32.1. The second kappa shape index (κ2) is 7.11. The van der Waals surface area contributed by atoms with Gasteiger partial charge in [-0.25, -0.2) is 0 Å². The molecule has 1 saturated heterocycles. The number of hydrogen-bond donors (Lipinski definition) is 2. The molecule has 0 spiro atoms. The maximum atomic E-state index is 5.65. The fraction of sp³-hybridized carbons (Fsp3) is 0.950. The van der Waals surface area contributed by atoms with E-state index < -0.39 is 0 Å². The average molecular weight is 350 g/mol. The Labute approximate surface area is 153 Å². The third kappa shape index (κ3) is 3.75. The smallest absolute Gasteiger partial charge is 0.166 e. The summed E-state index contributed by atoms with van der Waals surface area (Å²) in [6.07, 6.45) is 14.0. The number of likely N-dealkylation sites (tertiary alicyclic amines) is 1. The molecule has 1 unspecified atom stereocenters. The quantitative estimate of drug-likeness (QED) is 0.585. The van der Waals surface area contributed by atoms with Crippen LogP contribution in [0.25, 0.3) is 0 Å². The molecule has 0 aromatic rings. The van der Waals surface area contributed by atoms with Gasteiger partial charge in [0.25, 0.3) is 0 Å². The Hall–Kier alpha value is -0.350. The second-order valence-corrected chi connectivity index (χ2v) is 9.72. The van der Waals surface area contributed by atoms with Crippen LogP contribution >= 0.6 is 12.2 Å². The van der Waals surface area contributed by atoms with Gasteiger partial charge in [-0.1, -0.05) is 6.42 Å². The van der Waals surface area contributed by atoms with Crippen molar-refractivity contribution in [3.8, 4) is 0 Å². The van der Waals surface area contributed by atoms with E-state index in [0.717, 1.165) is 35.5 Å². The maximum absolute atomic E-state index is 5.65. The van der Waals surface area contributed by atoms with E-state index in [4.69, 9.17) is 12.2 Å². The van der Waals surface area contributed by atoms with Gasteiger partial charge < -0.3 is 15.5 Å². The van der Waals surface area contributed by atoms with Crippen LogP contribution < -0.4 is 10.6 Å². The number of rotatable bonds is 5. The van der Waals surface area contributed by atoms with E-state index in [1.807, 2.05) is 0 Å². The molecule has 5 rings (SSSR count). The normalized spacial score (nSPS) is 41.4. The van der Waals surface area contributed by atoms with Crippen LogP contribution in [0.4, 0.5) is 0 Å². The van der Waals surface area contributed by atoms with Crippen LogP contribution in [0.5, 0.6) is 0 Å². The van der Waals surface area contributed by atoms with Crippen LogP contribution in [0, 0.1) is 17.8 Å². The first-order valence-electron chi connectivity index (χ1n) is 10.4. The lowest BCUT2D eigenvalue weighted by molar-refractivity contribution is -0.0101.